The van der Waals surface area contributed by atoms with E-state index in [-0.39, 0.29) is 0 Å². The Morgan fingerprint density at radius 1 is 1.47 bits per heavy atom. The van der Waals surface area contributed by atoms with Crippen LogP contribution in [0.1, 0.15) is 32.6 Å². The van der Waals surface area contributed by atoms with Gasteiger partial charge < -0.3 is 10.6 Å². The van der Waals surface area contributed by atoms with E-state index < -0.39 is 0 Å². The molecule has 0 aromatic carbocycles. The summed E-state index contributed by atoms with van der Waals surface area (Å²) in [4.78, 5) is 4.41. The van der Waals surface area contributed by atoms with Gasteiger partial charge in [-0.3, -0.25) is 4.99 Å². The Balaban J connectivity index is 1.37. The average molecular weight is 207 g/mol. The maximum absolute atomic E-state index is 4.41. The predicted molar refractivity (Wildman–Crippen MR) is 61.8 cm³/mol. The van der Waals surface area contributed by atoms with Crippen molar-refractivity contribution in [1.82, 2.24) is 10.6 Å². The van der Waals surface area contributed by atoms with Gasteiger partial charge in [0.2, 0.25) is 0 Å². The van der Waals surface area contributed by atoms with Gasteiger partial charge in [-0.15, -0.1) is 0 Å². The number of hydrogen-bond acceptors (Lipinski definition) is 3. The van der Waals surface area contributed by atoms with E-state index in [1.165, 1.54) is 25.7 Å². The van der Waals surface area contributed by atoms with Crippen LogP contribution in [0.2, 0.25) is 0 Å². The van der Waals surface area contributed by atoms with Gasteiger partial charge in [-0.25, -0.2) is 0 Å². The molecule has 0 radical (unpaired) electrons. The smallest absolute Gasteiger partial charge is 0.191 e. The Bertz CT molecular complexity index is 270. The monoisotopic (exact) mass is 207 g/mol. The van der Waals surface area contributed by atoms with E-state index in [2.05, 4.69) is 22.5 Å². The summed E-state index contributed by atoms with van der Waals surface area (Å²) in [5, 5.41) is 6.79. The molecule has 0 aromatic rings. The first kappa shape index (κ1) is 9.49. The SMILES string of the molecule is CC1CN=C(NC[C@@H]2C[C@H]2C2CCC2)N1. The number of guanidine groups is 1. The van der Waals surface area contributed by atoms with Crippen molar-refractivity contribution in [2.75, 3.05) is 13.1 Å². The molecule has 0 amide bonds. The lowest BCUT2D eigenvalue weighted by atomic mass is 9.81. The molecule has 3 nitrogen and oxygen atoms in total. The standard InChI is InChI=1S/C12H21N3/c1-8-6-13-12(15-8)14-7-10-5-11(10)9-3-2-4-9/h8-11H,2-7H2,1H3,(H2,13,14,15)/t8?,10-,11-/m0/s1. The van der Waals surface area contributed by atoms with E-state index in [4.69, 9.17) is 0 Å². The fraction of sp³-hybridized carbons (Fsp3) is 0.917. The summed E-state index contributed by atoms with van der Waals surface area (Å²) in [5.74, 6) is 4.09. The third kappa shape index (κ3) is 1.97. The summed E-state index contributed by atoms with van der Waals surface area (Å²) in [6.45, 7) is 4.24. The van der Waals surface area contributed by atoms with Crippen molar-refractivity contribution in [2.45, 2.75) is 38.6 Å². The van der Waals surface area contributed by atoms with Gasteiger partial charge in [0.15, 0.2) is 5.96 Å². The molecular weight excluding hydrogens is 186 g/mol. The number of nitrogens with one attached hydrogen (secondary N) is 2. The number of rotatable bonds is 3. The molecule has 3 aliphatic rings. The second kappa shape index (κ2) is 3.69. The lowest BCUT2D eigenvalue weighted by Gasteiger charge is -2.25. The summed E-state index contributed by atoms with van der Waals surface area (Å²) < 4.78 is 0. The molecule has 3 atom stereocenters. The number of nitrogens with zero attached hydrogens (tertiary/aromatic N) is 1. The molecule has 1 heterocycles. The van der Waals surface area contributed by atoms with Crippen molar-refractivity contribution in [1.29, 1.82) is 0 Å². The normalized spacial score (nSPS) is 39.3. The minimum atomic E-state index is 0.522. The van der Waals surface area contributed by atoms with Crippen LogP contribution in [0, 0.1) is 17.8 Å². The molecule has 1 unspecified atom stereocenters. The number of hydrogen-bond donors (Lipinski definition) is 2. The van der Waals surface area contributed by atoms with Crippen molar-refractivity contribution in [3.05, 3.63) is 0 Å². The zero-order valence-corrected chi connectivity index (χ0v) is 9.50. The van der Waals surface area contributed by atoms with Gasteiger partial charge in [0.1, 0.15) is 0 Å². The summed E-state index contributed by atoms with van der Waals surface area (Å²) in [6.07, 6.45) is 5.93. The summed E-state index contributed by atoms with van der Waals surface area (Å²) in [7, 11) is 0. The third-order valence-corrected chi connectivity index (χ3v) is 4.17. The van der Waals surface area contributed by atoms with Crippen LogP contribution in [-0.2, 0) is 0 Å². The van der Waals surface area contributed by atoms with Crippen LogP contribution in [-0.4, -0.2) is 25.1 Å². The zero-order valence-electron chi connectivity index (χ0n) is 9.50. The van der Waals surface area contributed by atoms with Crippen LogP contribution in [0.15, 0.2) is 4.99 Å². The Labute approximate surface area is 91.7 Å². The number of aliphatic imine (C=N–C) groups is 1. The highest BCUT2D eigenvalue weighted by Gasteiger charge is 2.44. The largest absolute Gasteiger partial charge is 0.356 e. The highest BCUT2D eigenvalue weighted by atomic mass is 15.2. The lowest BCUT2D eigenvalue weighted by molar-refractivity contribution is 0.265. The fourth-order valence-corrected chi connectivity index (χ4v) is 2.84. The van der Waals surface area contributed by atoms with Gasteiger partial charge in [-0.05, 0) is 31.1 Å². The first-order chi connectivity index (χ1) is 7.33. The molecule has 3 heteroatoms. The summed E-state index contributed by atoms with van der Waals surface area (Å²) in [6, 6.07) is 0.522. The quantitative estimate of drug-likeness (QED) is 0.733. The second-order valence-corrected chi connectivity index (χ2v) is 5.47. The van der Waals surface area contributed by atoms with Crippen molar-refractivity contribution < 1.29 is 0 Å². The topological polar surface area (TPSA) is 36.4 Å². The molecule has 84 valence electrons. The van der Waals surface area contributed by atoms with Gasteiger partial charge in [0.25, 0.3) is 0 Å². The van der Waals surface area contributed by atoms with E-state index in [0.29, 0.717) is 6.04 Å². The highest BCUT2D eigenvalue weighted by molar-refractivity contribution is 5.81. The summed E-state index contributed by atoms with van der Waals surface area (Å²) in [5.41, 5.74) is 0. The van der Waals surface area contributed by atoms with Crippen LogP contribution in [0.3, 0.4) is 0 Å². The predicted octanol–water partition coefficient (Wildman–Crippen LogP) is 1.36. The van der Waals surface area contributed by atoms with Crippen LogP contribution < -0.4 is 10.6 Å². The van der Waals surface area contributed by atoms with Gasteiger partial charge in [0, 0.05) is 12.6 Å². The maximum Gasteiger partial charge on any atom is 0.191 e. The van der Waals surface area contributed by atoms with Gasteiger partial charge in [-0.2, -0.15) is 0 Å². The third-order valence-electron chi connectivity index (χ3n) is 4.17. The van der Waals surface area contributed by atoms with Crippen LogP contribution in [0.5, 0.6) is 0 Å². The van der Waals surface area contributed by atoms with E-state index in [0.717, 1.165) is 36.8 Å². The molecule has 2 fully saturated rings. The van der Waals surface area contributed by atoms with E-state index >= 15 is 0 Å². The van der Waals surface area contributed by atoms with Crippen LogP contribution in [0.25, 0.3) is 0 Å². The molecule has 15 heavy (non-hydrogen) atoms. The van der Waals surface area contributed by atoms with Gasteiger partial charge >= 0.3 is 0 Å². The Kier molecular flexibility index (Phi) is 2.33. The molecule has 0 bridgehead atoms. The van der Waals surface area contributed by atoms with Crippen LogP contribution in [0.4, 0.5) is 0 Å². The molecule has 1 aliphatic heterocycles. The van der Waals surface area contributed by atoms with Crippen LogP contribution >= 0.6 is 0 Å². The van der Waals surface area contributed by atoms with Gasteiger partial charge in [0.05, 0.1) is 6.54 Å². The van der Waals surface area contributed by atoms with E-state index in [9.17, 15) is 0 Å². The minimum Gasteiger partial charge on any atom is -0.356 e. The average Bonchev–Trinajstić information content (AvgIpc) is 2.74. The van der Waals surface area contributed by atoms with E-state index in [1.54, 1.807) is 0 Å². The van der Waals surface area contributed by atoms with Gasteiger partial charge in [-0.1, -0.05) is 19.3 Å². The zero-order chi connectivity index (χ0) is 10.3. The molecule has 2 saturated carbocycles. The Hall–Kier alpha value is -0.730. The maximum atomic E-state index is 4.41. The molecule has 2 aliphatic carbocycles. The van der Waals surface area contributed by atoms with Crippen molar-refractivity contribution in [3.8, 4) is 0 Å². The fourth-order valence-electron chi connectivity index (χ4n) is 2.84. The Morgan fingerprint density at radius 2 is 2.33 bits per heavy atom. The molecular formula is C12H21N3. The Morgan fingerprint density at radius 3 is 2.93 bits per heavy atom. The van der Waals surface area contributed by atoms with Crippen molar-refractivity contribution in [3.63, 3.8) is 0 Å². The first-order valence-electron chi connectivity index (χ1n) is 6.38. The molecule has 0 saturated heterocycles. The van der Waals surface area contributed by atoms with Crippen molar-refractivity contribution >= 4 is 5.96 Å². The molecule has 0 spiro atoms. The lowest BCUT2D eigenvalue weighted by Crippen LogP contribution is -2.38. The minimum absolute atomic E-state index is 0.522. The van der Waals surface area contributed by atoms with E-state index in [1.807, 2.05) is 0 Å². The molecule has 0 aromatic heterocycles. The highest BCUT2D eigenvalue weighted by Crippen LogP contribution is 2.51. The molecule has 2 N–H and O–H groups in total. The molecule has 3 rings (SSSR count). The van der Waals surface area contributed by atoms with Crippen molar-refractivity contribution in [2.24, 2.45) is 22.7 Å². The summed E-state index contributed by atoms with van der Waals surface area (Å²) >= 11 is 0. The first-order valence-corrected chi connectivity index (χ1v) is 6.38. The second-order valence-electron chi connectivity index (χ2n) is 5.47.